The minimum Gasteiger partial charge on any atom is -0.480 e. The number of hydrogen-bond acceptors (Lipinski definition) is 3. The lowest BCUT2D eigenvalue weighted by molar-refractivity contribution is -0.135. The Bertz CT molecular complexity index is 262. The van der Waals surface area contributed by atoms with Crippen LogP contribution in [-0.4, -0.2) is 29.1 Å². The lowest BCUT2D eigenvalue weighted by Crippen LogP contribution is -2.24. The van der Waals surface area contributed by atoms with Crippen molar-refractivity contribution >= 4 is 5.97 Å². The number of nitrogens with one attached hydrogen (secondary N) is 1. The predicted octanol–water partition coefficient (Wildman–Crippen LogP) is 0.298. The zero-order valence-electron chi connectivity index (χ0n) is 7.23. The van der Waals surface area contributed by atoms with Crippen molar-refractivity contribution in [1.29, 1.82) is 0 Å². The van der Waals surface area contributed by atoms with Crippen LogP contribution in [0.2, 0.25) is 0 Å². The van der Waals surface area contributed by atoms with Crippen LogP contribution in [0.3, 0.4) is 0 Å². The van der Waals surface area contributed by atoms with Crippen LogP contribution < -0.4 is 5.32 Å². The summed E-state index contributed by atoms with van der Waals surface area (Å²) in [5.41, 5.74) is 1.16. The van der Waals surface area contributed by atoms with Gasteiger partial charge in [-0.15, -0.1) is 0 Å². The molecule has 0 radical (unpaired) electrons. The van der Waals surface area contributed by atoms with Gasteiger partial charge < -0.3 is 10.4 Å². The first-order valence-electron chi connectivity index (χ1n) is 4.10. The van der Waals surface area contributed by atoms with Crippen LogP contribution in [0.1, 0.15) is 5.56 Å². The number of carboxylic acid groups (broad SMARTS) is 1. The molecule has 4 nitrogen and oxygen atoms in total. The Labute approximate surface area is 76.6 Å². The van der Waals surface area contributed by atoms with E-state index in [0.29, 0.717) is 6.54 Å². The highest BCUT2D eigenvalue weighted by atomic mass is 16.4. The number of carboxylic acids is 1. The van der Waals surface area contributed by atoms with Gasteiger partial charge in [-0.3, -0.25) is 9.78 Å². The Hall–Kier alpha value is -1.42. The first kappa shape index (κ1) is 9.67. The number of pyridine rings is 1. The Kier molecular flexibility index (Phi) is 3.92. The first-order chi connectivity index (χ1) is 6.29. The minimum atomic E-state index is -0.824. The molecular formula is C9H12N2O2. The smallest absolute Gasteiger partial charge is 0.317 e. The van der Waals surface area contributed by atoms with Crippen molar-refractivity contribution in [3.05, 3.63) is 30.1 Å². The van der Waals surface area contributed by atoms with E-state index in [1.165, 1.54) is 0 Å². The maximum Gasteiger partial charge on any atom is 0.317 e. The number of carbonyl (C=O) groups is 1. The van der Waals surface area contributed by atoms with Crippen molar-refractivity contribution in [2.45, 2.75) is 6.42 Å². The SMILES string of the molecule is O=C(O)CNCCc1ccncc1. The molecule has 4 heteroatoms. The van der Waals surface area contributed by atoms with E-state index >= 15 is 0 Å². The highest BCUT2D eigenvalue weighted by Crippen LogP contribution is 1.95. The first-order valence-corrected chi connectivity index (χ1v) is 4.10. The summed E-state index contributed by atoms with van der Waals surface area (Å²) in [4.78, 5) is 14.0. The van der Waals surface area contributed by atoms with Gasteiger partial charge in [0.05, 0.1) is 6.54 Å². The molecule has 1 rings (SSSR count). The molecule has 0 aromatic carbocycles. The molecule has 0 saturated carbocycles. The number of aromatic nitrogens is 1. The molecule has 1 heterocycles. The molecule has 0 aliphatic heterocycles. The molecule has 0 amide bonds. The van der Waals surface area contributed by atoms with Crippen LogP contribution in [0.4, 0.5) is 0 Å². The molecule has 0 aliphatic rings. The number of aliphatic carboxylic acids is 1. The van der Waals surface area contributed by atoms with E-state index in [2.05, 4.69) is 10.3 Å². The zero-order valence-corrected chi connectivity index (χ0v) is 7.23. The van der Waals surface area contributed by atoms with Gasteiger partial charge in [0, 0.05) is 12.4 Å². The normalized spacial score (nSPS) is 9.85. The molecule has 2 N–H and O–H groups in total. The molecule has 70 valence electrons. The van der Waals surface area contributed by atoms with E-state index in [9.17, 15) is 4.79 Å². The fourth-order valence-corrected chi connectivity index (χ4v) is 0.978. The second-order valence-electron chi connectivity index (χ2n) is 2.68. The summed E-state index contributed by atoms with van der Waals surface area (Å²) < 4.78 is 0. The predicted molar refractivity (Wildman–Crippen MR) is 48.4 cm³/mol. The molecule has 1 aromatic heterocycles. The second kappa shape index (κ2) is 5.27. The minimum absolute atomic E-state index is 0.0189. The monoisotopic (exact) mass is 180 g/mol. The standard InChI is InChI=1S/C9H12N2O2/c12-9(13)7-11-6-3-8-1-4-10-5-2-8/h1-2,4-5,11H,3,6-7H2,(H,12,13). The number of nitrogens with zero attached hydrogens (tertiary/aromatic N) is 1. The average Bonchev–Trinajstić information content (AvgIpc) is 2.14. The maximum absolute atomic E-state index is 10.1. The Morgan fingerprint density at radius 2 is 2.15 bits per heavy atom. The van der Waals surface area contributed by atoms with Gasteiger partial charge in [-0.25, -0.2) is 0 Å². The largest absolute Gasteiger partial charge is 0.480 e. The van der Waals surface area contributed by atoms with Gasteiger partial charge in [0.1, 0.15) is 0 Å². The fourth-order valence-electron chi connectivity index (χ4n) is 0.978. The van der Waals surface area contributed by atoms with Gasteiger partial charge in [-0.1, -0.05) is 0 Å². The molecule has 0 aliphatic carbocycles. The third-order valence-corrected chi connectivity index (χ3v) is 1.62. The summed E-state index contributed by atoms with van der Waals surface area (Å²) in [6.45, 7) is 0.696. The van der Waals surface area contributed by atoms with Crippen molar-refractivity contribution in [3.63, 3.8) is 0 Å². The zero-order chi connectivity index (χ0) is 9.52. The van der Waals surface area contributed by atoms with Crippen LogP contribution in [0.25, 0.3) is 0 Å². The Morgan fingerprint density at radius 1 is 1.46 bits per heavy atom. The molecule has 13 heavy (non-hydrogen) atoms. The number of rotatable bonds is 5. The lowest BCUT2D eigenvalue weighted by Gasteiger charge is -2.00. The van der Waals surface area contributed by atoms with Gasteiger partial charge in [0.2, 0.25) is 0 Å². The van der Waals surface area contributed by atoms with Crippen molar-refractivity contribution in [2.75, 3.05) is 13.1 Å². The van der Waals surface area contributed by atoms with Crippen molar-refractivity contribution in [1.82, 2.24) is 10.3 Å². The van der Waals surface area contributed by atoms with E-state index in [1.54, 1.807) is 12.4 Å². The van der Waals surface area contributed by atoms with E-state index in [1.807, 2.05) is 12.1 Å². The van der Waals surface area contributed by atoms with E-state index in [-0.39, 0.29) is 6.54 Å². The van der Waals surface area contributed by atoms with Crippen molar-refractivity contribution in [2.24, 2.45) is 0 Å². The average molecular weight is 180 g/mol. The summed E-state index contributed by atoms with van der Waals surface area (Å²) in [6, 6.07) is 3.84. The van der Waals surface area contributed by atoms with Crippen LogP contribution >= 0.6 is 0 Å². The van der Waals surface area contributed by atoms with Crippen LogP contribution in [0.15, 0.2) is 24.5 Å². The molecular weight excluding hydrogens is 168 g/mol. The van der Waals surface area contributed by atoms with Crippen molar-refractivity contribution in [3.8, 4) is 0 Å². The topological polar surface area (TPSA) is 62.2 Å². The third kappa shape index (κ3) is 4.22. The van der Waals surface area contributed by atoms with Gasteiger partial charge >= 0.3 is 5.97 Å². The molecule has 0 atom stereocenters. The molecule has 0 spiro atoms. The Morgan fingerprint density at radius 3 is 2.77 bits per heavy atom. The van der Waals surface area contributed by atoms with Gasteiger partial charge in [-0.2, -0.15) is 0 Å². The molecule has 0 unspecified atom stereocenters. The molecule has 0 fully saturated rings. The third-order valence-electron chi connectivity index (χ3n) is 1.62. The summed E-state index contributed by atoms with van der Waals surface area (Å²) in [7, 11) is 0. The van der Waals surface area contributed by atoms with Crippen LogP contribution in [-0.2, 0) is 11.2 Å². The highest BCUT2D eigenvalue weighted by Gasteiger charge is 1.95. The van der Waals surface area contributed by atoms with Gasteiger partial charge in [0.15, 0.2) is 0 Å². The van der Waals surface area contributed by atoms with Gasteiger partial charge in [-0.05, 0) is 30.7 Å². The molecule has 0 bridgehead atoms. The maximum atomic E-state index is 10.1. The van der Waals surface area contributed by atoms with Crippen molar-refractivity contribution < 1.29 is 9.90 Å². The summed E-state index contributed by atoms with van der Waals surface area (Å²) >= 11 is 0. The fraction of sp³-hybridized carbons (Fsp3) is 0.333. The van der Waals surface area contributed by atoms with E-state index in [4.69, 9.17) is 5.11 Å². The van der Waals surface area contributed by atoms with Crippen LogP contribution in [0, 0.1) is 0 Å². The Balaban J connectivity index is 2.17. The van der Waals surface area contributed by atoms with Crippen LogP contribution in [0.5, 0.6) is 0 Å². The second-order valence-corrected chi connectivity index (χ2v) is 2.68. The molecule has 0 saturated heterocycles. The van der Waals surface area contributed by atoms with E-state index < -0.39 is 5.97 Å². The van der Waals surface area contributed by atoms with Gasteiger partial charge in [0.25, 0.3) is 0 Å². The summed E-state index contributed by atoms with van der Waals surface area (Å²) in [5, 5.41) is 11.2. The quantitative estimate of drug-likeness (QED) is 0.640. The van der Waals surface area contributed by atoms with E-state index in [0.717, 1.165) is 12.0 Å². The lowest BCUT2D eigenvalue weighted by atomic mass is 10.2. The summed E-state index contributed by atoms with van der Waals surface area (Å²) in [5.74, 6) is -0.824. The number of hydrogen-bond donors (Lipinski definition) is 2. The molecule has 1 aromatic rings. The summed E-state index contributed by atoms with van der Waals surface area (Å²) in [6.07, 6.45) is 4.29. The highest BCUT2D eigenvalue weighted by molar-refractivity contribution is 5.68.